The first-order valence-electron chi connectivity index (χ1n) is 10.6. The number of anilines is 1. The molecule has 0 saturated carbocycles. The van der Waals surface area contributed by atoms with Crippen molar-refractivity contribution in [3.8, 4) is 5.88 Å². The number of nitrogens with one attached hydrogen (secondary N) is 1. The number of likely N-dealkylation sites (N-methyl/N-ethyl adjacent to an activating group) is 1. The third-order valence-electron chi connectivity index (χ3n) is 6.28. The topological polar surface area (TPSA) is 97.1 Å². The highest BCUT2D eigenvalue weighted by atomic mass is 19.1. The lowest BCUT2D eigenvalue weighted by molar-refractivity contribution is 0.0578. The van der Waals surface area contributed by atoms with Gasteiger partial charge in [0.25, 0.3) is 5.91 Å². The molecule has 1 amide bonds. The van der Waals surface area contributed by atoms with Crippen LogP contribution in [0.4, 0.5) is 10.2 Å². The molecule has 0 aliphatic carbocycles. The van der Waals surface area contributed by atoms with Crippen molar-refractivity contribution in [3.63, 3.8) is 0 Å². The summed E-state index contributed by atoms with van der Waals surface area (Å²) in [5.74, 6) is 0.129. The summed E-state index contributed by atoms with van der Waals surface area (Å²) in [5, 5.41) is 9.00. The number of fused-ring (bicyclic) bond motifs is 6. The number of pyridine rings is 1. The van der Waals surface area contributed by atoms with E-state index < -0.39 is 5.82 Å². The van der Waals surface area contributed by atoms with E-state index in [2.05, 4.69) is 25.3 Å². The summed E-state index contributed by atoms with van der Waals surface area (Å²) in [6, 6.07) is 2.62. The minimum absolute atomic E-state index is 0.242. The first kappa shape index (κ1) is 19.4. The molecule has 0 aromatic carbocycles. The number of halogens is 1. The number of amides is 1. The highest BCUT2D eigenvalue weighted by Gasteiger charge is 2.37. The molecule has 3 aromatic rings. The van der Waals surface area contributed by atoms with Gasteiger partial charge in [-0.15, -0.1) is 0 Å². The number of likely N-dealkylation sites (tertiary alicyclic amines) is 1. The number of hydrogen-bond donors (Lipinski definition) is 1. The minimum atomic E-state index is -0.449. The van der Waals surface area contributed by atoms with Crippen LogP contribution in [0.25, 0.3) is 5.65 Å². The van der Waals surface area contributed by atoms with Crippen molar-refractivity contribution in [2.45, 2.75) is 31.0 Å². The summed E-state index contributed by atoms with van der Waals surface area (Å²) in [7, 11) is 2.00. The Kier molecular flexibility index (Phi) is 4.47. The number of nitrogens with zero attached hydrogens (tertiary/aromatic N) is 6. The molecule has 32 heavy (non-hydrogen) atoms. The van der Waals surface area contributed by atoms with Crippen LogP contribution in [0.5, 0.6) is 5.88 Å². The van der Waals surface area contributed by atoms with Crippen LogP contribution in [0.2, 0.25) is 0 Å². The van der Waals surface area contributed by atoms with Crippen molar-refractivity contribution >= 4 is 17.4 Å². The molecule has 2 bridgehead atoms. The number of aromatic nitrogens is 4. The van der Waals surface area contributed by atoms with Gasteiger partial charge in [0.2, 0.25) is 5.88 Å². The molecule has 2 fully saturated rings. The number of hydroxylamine groups is 1. The van der Waals surface area contributed by atoms with Gasteiger partial charge in [0, 0.05) is 37.3 Å². The van der Waals surface area contributed by atoms with Gasteiger partial charge in [-0.25, -0.2) is 23.9 Å². The fraction of sp³-hybridized carbons (Fsp3) is 0.429. The van der Waals surface area contributed by atoms with Crippen LogP contribution in [0.1, 0.15) is 34.8 Å². The Labute approximate surface area is 182 Å². The van der Waals surface area contributed by atoms with E-state index in [9.17, 15) is 9.18 Å². The van der Waals surface area contributed by atoms with Gasteiger partial charge in [0.15, 0.2) is 11.5 Å². The van der Waals surface area contributed by atoms with Gasteiger partial charge >= 0.3 is 0 Å². The zero-order valence-corrected chi connectivity index (χ0v) is 17.4. The second-order valence-corrected chi connectivity index (χ2v) is 8.41. The molecular formula is C21H22FN7O3. The Morgan fingerprint density at radius 2 is 2.19 bits per heavy atom. The van der Waals surface area contributed by atoms with Gasteiger partial charge in [0.1, 0.15) is 17.5 Å². The van der Waals surface area contributed by atoms with Crippen LogP contribution >= 0.6 is 0 Å². The van der Waals surface area contributed by atoms with Crippen molar-refractivity contribution in [1.29, 1.82) is 0 Å². The van der Waals surface area contributed by atoms with E-state index in [1.165, 1.54) is 12.3 Å². The van der Waals surface area contributed by atoms with Crippen molar-refractivity contribution < 1.29 is 18.8 Å². The molecule has 3 aliphatic heterocycles. The number of piperidine rings is 1. The van der Waals surface area contributed by atoms with E-state index in [4.69, 9.17) is 9.57 Å². The van der Waals surface area contributed by atoms with E-state index >= 15 is 0 Å². The van der Waals surface area contributed by atoms with Gasteiger partial charge in [0.05, 0.1) is 31.1 Å². The number of carbonyl (C=O) groups excluding carboxylic acids is 1. The normalized spacial score (nSPS) is 25.8. The summed E-state index contributed by atoms with van der Waals surface area (Å²) < 4.78 is 22.2. The van der Waals surface area contributed by atoms with Crippen LogP contribution in [0.3, 0.4) is 0 Å². The smallest absolute Gasteiger partial charge is 0.257 e. The third kappa shape index (κ3) is 3.16. The molecule has 11 heteroatoms. The predicted octanol–water partition coefficient (Wildman–Crippen LogP) is 1.34. The van der Waals surface area contributed by atoms with E-state index in [1.54, 1.807) is 21.8 Å². The molecule has 6 heterocycles. The van der Waals surface area contributed by atoms with Crippen LogP contribution in [-0.4, -0.2) is 69.3 Å². The molecule has 3 atom stereocenters. The van der Waals surface area contributed by atoms with Crippen molar-refractivity contribution in [1.82, 2.24) is 29.8 Å². The molecule has 0 unspecified atom stereocenters. The molecule has 0 radical (unpaired) electrons. The first-order valence-corrected chi connectivity index (χ1v) is 10.6. The first-order chi connectivity index (χ1) is 15.6. The van der Waals surface area contributed by atoms with Crippen molar-refractivity contribution in [2.75, 3.05) is 31.8 Å². The lowest BCUT2D eigenvalue weighted by Gasteiger charge is -2.37. The maximum Gasteiger partial charge on any atom is 0.257 e. The highest BCUT2D eigenvalue weighted by molar-refractivity contribution is 6.00. The Balaban J connectivity index is 1.53. The molecular weight excluding hydrogens is 417 g/mol. The fourth-order valence-corrected chi connectivity index (χ4v) is 4.64. The summed E-state index contributed by atoms with van der Waals surface area (Å²) in [6.07, 6.45) is 5.37. The van der Waals surface area contributed by atoms with Crippen LogP contribution in [0, 0.1) is 5.82 Å². The van der Waals surface area contributed by atoms with Crippen molar-refractivity contribution in [3.05, 3.63) is 47.7 Å². The predicted molar refractivity (Wildman–Crippen MR) is 111 cm³/mol. The van der Waals surface area contributed by atoms with Crippen molar-refractivity contribution in [2.24, 2.45) is 0 Å². The molecule has 0 spiro atoms. The average molecular weight is 439 g/mol. The SMILES string of the molecule is CN1CC[C@H]2NC(=O)c3cnn4ccc(nc34)N3OCC[C@@H]3c3cc(F)cnc3O[C@H]2C1. The Morgan fingerprint density at radius 3 is 3.09 bits per heavy atom. The van der Waals surface area contributed by atoms with E-state index in [0.29, 0.717) is 54.5 Å². The van der Waals surface area contributed by atoms with Gasteiger partial charge in [-0.3, -0.25) is 9.63 Å². The standard InChI is InChI=1S/C21H22FN7O3/c1-27-5-2-15-17(11-27)32-21-13(8-12(22)9-23-21)16-4-7-31-29(16)18-3-6-28-19(26-18)14(10-24-28)20(30)25-15/h3,6,8-10,15-17H,2,4-5,7,11H2,1H3,(H,25,30)/t15-,16-,17+/m1/s1. The maximum atomic E-state index is 14.3. The maximum absolute atomic E-state index is 14.3. The number of rotatable bonds is 0. The molecule has 3 aliphatic rings. The zero-order chi connectivity index (χ0) is 21.8. The number of ether oxygens (including phenoxy) is 1. The number of hydrogen-bond acceptors (Lipinski definition) is 8. The number of carbonyl (C=O) groups is 1. The molecule has 166 valence electrons. The summed E-state index contributed by atoms with van der Waals surface area (Å²) >= 11 is 0. The molecule has 3 aromatic heterocycles. The second-order valence-electron chi connectivity index (χ2n) is 8.41. The van der Waals surface area contributed by atoms with Gasteiger partial charge in [-0.2, -0.15) is 5.10 Å². The third-order valence-corrected chi connectivity index (χ3v) is 6.28. The summed E-state index contributed by atoms with van der Waals surface area (Å²) in [6.45, 7) is 1.86. The monoisotopic (exact) mass is 439 g/mol. The second kappa shape index (κ2) is 7.38. The van der Waals surface area contributed by atoms with Gasteiger partial charge in [-0.1, -0.05) is 0 Å². The highest BCUT2D eigenvalue weighted by Crippen LogP contribution is 2.38. The van der Waals surface area contributed by atoms with Crippen LogP contribution < -0.4 is 15.1 Å². The van der Waals surface area contributed by atoms with Gasteiger partial charge < -0.3 is 15.0 Å². The fourth-order valence-electron chi connectivity index (χ4n) is 4.64. The zero-order valence-electron chi connectivity index (χ0n) is 17.4. The lowest BCUT2D eigenvalue weighted by atomic mass is 10.0. The molecule has 1 N–H and O–H groups in total. The van der Waals surface area contributed by atoms with Crippen LogP contribution in [0.15, 0.2) is 30.7 Å². The summed E-state index contributed by atoms with van der Waals surface area (Å²) in [4.78, 5) is 30.1. The average Bonchev–Trinajstić information content (AvgIpc) is 3.43. The van der Waals surface area contributed by atoms with E-state index in [0.717, 1.165) is 12.7 Å². The molecule has 10 nitrogen and oxygen atoms in total. The Hall–Kier alpha value is -3.31. The van der Waals surface area contributed by atoms with E-state index in [1.807, 2.05) is 7.05 Å². The lowest BCUT2D eigenvalue weighted by Crippen LogP contribution is -2.55. The Bertz CT molecular complexity index is 1200. The Morgan fingerprint density at radius 1 is 1.28 bits per heavy atom. The van der Waals surface area contributed by atoms with E-state index in [-0.39, 0.29) is 24.1 Å². The summed E-state index contributed by atoms with van der Waals surface area (Å²) in [5.41, 5.74) is 1.40. The van der Waals surface area contributed by atoms with Crippen LogP contribution in [-0.2, 0) is 4.84 Å². The minimum Gasteiger partial charge on any atom is -0.471 e. The van der Waals surface area contributed by atoms with Gasteiger partial charge in [-0.05, 0) is 19.5 Å². The largest absolute Gasteiger partial charge is 0.471 e. The quantitative estimate of drug-likeness (QED) is 0.561. The molecule has 2 saturated heterocycles. The molecule has 6 rings (SSSR count).